The maximum Gasteiger partial charge on any atom is 0.290 e. The lowest BCUT2D eigenvalue weighted by molar-refractivity contribution is -0.127. The van der Waals surface area contributed by atoms with E-state index in [9.17, 15) is 9.90 Å². The van der Waals surface area contributed by atoms with Crippen LogP contribution >= 0.6 is 11.6 Å². The van der Waals surface area contributed by atoms with Gasteiger partial charge in [-0.3, -0.25) is 9.59 Å². The lowest BCUT2D eigenvalue weighted by atomic mass is 9.84. The monoisotopic (exact) mass is 644 g/mol. The van der Waals surface area contributed by atoms with Gasteiger partial charge in [0.2, 0.25) is 5.91 Å². The molecule has 2 aromatic carbocycles. The minimum Gasteiger partial charge on any atom is -0.491 e. The highest BCUT2D eigenvalue weighted by Crippen LogP contribution is 2.39. The Hall–Kier alpha value is -3.07. The molecular formula is C36H53ClN2O6. The molecule has 0 saturated heterocycles. The number of likely N-dealkylation sites (N-methyl/N-ethyl adjacent to an activating group) is 1. The molecule has 45 heavy (non-hydrogen) atoms. The van der Waals surface area contributed by atoms with Gasteiger partial charge in [0, 0.05) is 51.7 Å². The van der Waals surface area contributed by atoms with Gasteiger partial charge in [-0.2, -0.15) is 0 Å². The number of hydrogen-bond donors (Lipinski definition) is 2. The summed E-state index contributed by atoms with van der Waals surface area (Å²) in [6.45, 7) is 12.7. The van der Waals surface area contributed by atoms with Crippen molar-refractivity contribution in [3.05, 3.63) is 70.3 Å². The van der Waals surface area contributed by atoms with Gasteiger partial charge >= 0.3 is 0 Å². The van der Waals surface area contributed by atoms with Gasteiger partial charge in [0.25, 0.3) is 6.47 Å². The van der Waals surface area contributed by atoms with Crippen LogP contribution in [-0.2, 0) is 20.7 Å². The Morgan fingerprint density at radius 2 is 1.91 bits per heavy atom. The normalized spacial score (nSPS) is 17.2. The highest BCUT2D eigenvalue weighted by Gasteiger charge is 2.31. The number of rotatable bonds is 14. The first kappa shape index (κ1) is 38.1. The molecule has 1 amide bonds. The van der Waals surface area contributed by atoms with E-state index in [0.29, 0.717) is 25.0 Å². The zero-order chi connectivity index (χ0) is 33.5. The van der Waals surface area contributed by atoms with Gasteiger partial charge in [-0.1, -0.05) is 69.5 Å². The number of amides is 1. The smallest absolute Gasteiger partial charge is 0.290 e. The van der Waals surface area contributed by atoms with Crippen molar-refractivity contribution >= 4 is 29.7 Å². The number of methoxy groups -OCH3 is 1. The number of ether oxygens (including phenoxy) is 2. The summed E-state index contributed by atoms with van der Waals surface area (Å²) < 4.78 is 12.5. The summed E-state index contributed by atoms with van der Waals surface area (Å²) in [6.07, 6.45) is 7.52. The number of hydrogen-bond acceptors (Lipinski definition) is 6. The molecule has 1 heterocycles. The number of carbonyl (C=O) groups excluding carboxylic acids is 1. The van der Waals surface area contributed by atoms with Crippen molar-refractivity contribution in [2.75, 3.05) is 45.3 Å². The third-order valence-electron chi connectivity index (χ3n) is 8.69. The number of fused-ring (bicyclic) bond motifs is 1. The van der Waals surface area contributed by atoms with Crippen LogP contribution in [0.4, 0.5) is 5.69 Å². The number of carboxylic acid groups (broad SMARTS) is 1. The first-order chi connectivity index (χ1) is 21.5. The fourth-order valence-corrected chi connectivity index (χ4v) is 6.34. The lowest BCUT2D eigenvalue weighted by Gasteiger charge is -2.35. The molecular weight excluding hydrogens is 592 g/mol. The van der Waals surface area contributed by atoms with Crippen LogP contribution in [0.2, 0.25) is 5.02 Å². The van der Waals surface area contributed by atoms with E-state index in [0.717, 1.165) is 60.8 Å². The van der Waals surface area contributed by atoms with Crippen LogP contribution in [0.15, 0.2) is 48.6 Å². The van der Waals surface area contributed by atoms with Crippen molar-refractivity contribution < 1.29 is 29.3 Å². The fourth-order valence-electron chi connectivity index (χ4n) is 6.14. The van der Waals surface area contributed by atoms with Crippen molar-refractivity contribution in [1.29, 1.82) is 0 Å². The van der Waals surface area contributed by atoms with Crippen LogP contribution in [0.3, 0.4) is 0 Å². The van der Waals surface area contributed by atoms with Crippen LogP contribution in [-0.4, -0.2) is 74.0 Å². The molecule has 0 saturated carbocycles. The Kier molecular flexibility index (Phi) is 16.5. The summed E-state index contributed by atoms with van der Waals surface area (Å²) in [6, 6.07) is 12.3. The van der Waals surface area contributed by atoms with Crippen molar-refractivity contribution in [2.24, 2.45) is 11.8 Å². The van der Waals surface area contributed by atoms with E-state index in [1.165, 1.54) is 11.1 Å². The number of benzene rings is 2. The largest absolute Gasteiger partial charge is 0.491 e. The van der Waals surface area contributed by atoms with E-state index in [1.807, 2.05) is 25.2 Å². The summed E-state index contributed by atoms with van der Waals surface area (Å²) in [5.74, 6) is 1.76. The number of aryl methyl sites for hydroxylation is 1. The highest BCUT2D eigenvalue weighted by molar-refractivity contribution is 6.30. The Morgan fingerprint density at radius 1 is 1.20 bits per heavy atom. The van der Waals surface area contributed by atoms with Crippen molar-refractivity contribution in [3.8, 4) is 5.75 Å². The van der Waals surface area contributed by atoms with Crippen LogP contribution < -0.4 is 9.64 Å². The van der Waals surface area contributed by atoms with Crippen LogP contribution in [0.1, 0.15) is 82.6 Å². The topological polar surface area (TPSA) is 99.5 Å². The van der Waals surface area contributed by atoms with Gasteiger partial charge in [-0.25, -0.2) is 0 Å². The lowest BCUT2D eigenvalue weighted by Crippen LogP contribution is -2.38. The molecule has 0 bridgehead atoms. The van der Waals surface area contributed by atoms with Gasteiger partial charge in [-0.15, -0.1) is 0 Å². The molecule has 0 aromatic heterocycles. The fraction of sp³-hybridized carbons (Fsp3) is 0.556. The van der Waals surface area contributed by atoms with E-state index in [2.05, 4.69) is 56.0 Å². The molecule has 0 fully saturated rings. The Morgan fingerprint density at radius 3 is 2.51 bits per heavy atom. The molecule has 1 aliphatic rings. The molecule has 1 aliphatic heterocycles. The van der Waals surface area contributed by atoms with Crippen LogP contribution in [0.5, 0.6) is 5.75 Å². The maximum atomic E-state index is 11.5. The molecule has 8 nitrogen and oxygen atoms in total. The maximum absolute atomic E-state index is 11.5. The molecule has 2 N–H and O–H groups in total. The summed E-state index contributed by atoms with van der Waals surface area (Å²) in [7, 11) is 3.61. The second-order valence-electron chi connectivity index (χ2n) is 11.9. The van der Waals surface area contributed by atoms with Crippen molar-refractivity contribution in [3.63, 3.8) is 0 Å². The second kappa shape index (κ2) is 19.4. The molecule has 2 aromatic rings. The second-order valence-corrected chi connectivity index (χ2v) is 12.4. The zero-order valence-electron chi connectivity index (χ0n) is 28.0. The first-order valence-electron chi connectivity index (χ1n) is 16.0. The Bertz CT molecular complexity index is 1240. The SMILES string of the molecule is CCCc1cc(Cl)ccc1C1COc2ccc(C(C)O)cc2N(CC(C)C(CC)C(C/C=C\CN(C)C(C)=O)OC)C1.O=CO. The van der Waals surface area contributed by atoms with E-state index in [-0.39, 0.29) is 24.4 Å². The molecule has 5 unspecified atom stereocenters. The number of aliphatic hydroxyl groups excluding tert-OH is 1. The van der Waals surface area contributed by atoms with E-state index < -0.39 is 6.10 Å². The zero-order valence-corrected chi connectivity index (χ0v) is 28.8. The number of anilines is 1. The molecule has 0 radical (unpaired) electrons. The highest BCUT2D eigenvalue weighted by atomic mass is 35.5. The summed E-state index contributed by atoms with van der Waals surface area (Å²) >= 11 is 6.41. The summed E-state index contributed by atoms with van der Waals surface area (Å²) in [5, 5.41) is 18.1. The molecule has 9 heteroatoms. The van der Waals surface area contributed by atoms with E-state index in [1.54, 1.807) is 25.9 Å². The van der Waals surface area contributed by atoms with Gasteiger partial charge in [-0.05, 0) is 72.6 Å². The number of nitrogens with zero attached hydrogens (tertiary/aromatic N) is 2. The molecule has 250 valence electrons. The molecule has 5 atom stereocenters. The predicted molar refractivity (Wildman–Crippen MR) is 182 cm³/mol. The molecule has 0 spiro atoms. The average molecular weight is 645 g/mol. The predicted octanol–water partition coefficient (Wildman–Crippen LogP) is 7.13. The number of aliphatic hydroxyl groups is 1. The van der Waals surface area contributed by atoms with Gasteiger partial charge < -0.3 is 29.5 Å². The quantitative estimate of drug-likeness (QED) is 0.167. The minimum atomic E-state index is -0.559. The summed E-state index contributed by atoms with van der Waals surface area (Å²) in [5.41, 5.74) is 4.50. The molecule has 0 aliphatic carbocycles. The van der Waals surface area contributed by atoms with Gasteiger partial charge in [0.05, 0.1) is 24.5 Å². The summed E-state index contributed by atoms with van der Waals surface area (Å²) in [4.78, 5) is 24.1. The Balaban J connectivity index is 0.00000226. The third kappa shape index (κ3) is 11.3. The van der Waals surface area contributed by atoms with Crippen LogP contribution in [0, 0.1) is 11.8 Å². The first-order valence-corrected chi connectivity index (χ1v) is 16.3. The number of halogens is 1. The van der Waals surface area contributed by atoms with Gasteiger partial charge in [0.15, 0.2) is 0 Å². The van der Waals surface area contributed by atoms with Crippen molar-refractivity contribution in [2.45, 2.75) is 78.4 Å². The number of carbonyl (C=O) groups is 2. The molecule has 3 rings (SSSR count). The van der Waals surface area contributed by atoms with Gasteiger partial charge in [0.1, 0.15) is 5.75 Å². The van der Waals surface area contributed by atoms with Crippen LogP contribution in [0.25, 0.3) is 0 Å². The average Bonchev–Trinajstić information content (AvgIpc) is 3.18. The van der Waals surface area contributed by atoms with E-state index in [4.69, 9.17) is 31.0 Å². The minimum absolute atomic E-state index is 0.0576. The van der Waals surface area contributed by atoms with Crippen molar-refractivity contribution in [1.82, 2.24) is 4.90 Å². The Labute approximate surface area is 275 Å². The van der Waals surface area contributed by atoms with E-state index >= 15 is 0 Å². The third-order valence-corrected chi connectivity index (χ3v) is 8.93. The standard InChI is InChI=1S/C35H51ClN2O4.CH2O2/c1-8-12-28-19-30(36)15-16-32(28)29-22-38(33-20-27(25(4)39)14-17-35(33)42-23-29)21-24(3)31(9-2)34(41-7)13-10-11-18-37(6)26(5)40;2-1-3/h10-11,14-17,19-20,24-25,29,31,34,39H,8-9,12-13,18,21-23H2,1-7H3;1H,(H,2,3)/b11-10-;.